The van der Waals surface area contributed by atoms with Gasteiger partial charge in [-0.3, -0.25) is 4.79 Å². The van der Waals surface area contributed by atoms with Gasteiger partial charge in [-0.25, -0.2) is 8.78 Å². The molecule has 1 aliphatic heterocycles. The lowest BCUT2D eigenvalue weighted by molar-refractivity contribution is 0.0669. The number of hydrogen-bond acceptors (Lipinski definition) is 2. The van der Waals surface area contributed by atoms with Gasteiger partial charge in [-0.15, -0.1) is 0 Å². The Labute approximate surface area is 134 Å². The van der Waals surface area contributed by atoms with Crippen molar-refractivity contribution in [3.63, 3.8) is 0 Å². The van der Waals surface area contributed by atoms with Crippen molar-refractivity contribution in [3.05, 3.63) is 65.7 Å². The van der Waals surface area contributed by atoms with Gasteiger partial charge in [-0.05, 0) is 37.3 Å². The van der Waals surface area contributed by atoms with Crippen LogP contribution >= 0.6 is 0 Å². The fourth-order valence-electron chi connectivity index (χ4n) is 2.96. The number of carbonyl (C=O) groups is 1. The van der Waals surface area contributed by atoms with Gasteiger partial charge in [0.05, 0.1) is 5.56 Å². The number of nitrogens with zero attached hydrogens (tertiary/aromatic N) is 2. The molecular weight excluding hydrogens is 298 g/mol. The number of rotatable bonds is 2. The molecule has 1 amide bonds. The zero-order chi connectivity index (χ0) is 16.4. The first-order valence-electron chi connectivity index (χ1n) is 7.62. The predicted octanol–water partition coefficient (Wildman–Crippen LogP) is 3.32. The Morgan fingerprint density at radius 1 is 1.09 bits per heavy atom. The third-order valence-corrected chi connectivity index (χ3v) is 4.17. The molecule has 1 heterocycles. The smallest absolute Gasteiger partial charge is 0.257 e. The summed E-state index contributed by atoms with van der Waals surface area (Å²) in [6.07, 6.45) is 0. The van der Waals surface area contributed by atoms with Crippen molar-refractivity contribution in [3.8, 4) is 0 Å². The Morgan fingerprint density at radius 2 is 1.87 bits per heavy atom. The van der Waals surface area contributed by atoms with Crippen molar-refractivity contribution in [1.82, 2.24) is 4.90 Å². The van der Waals surface area contributed by atoms with Crippen LogP contribution in [0.2, 0.25) is 0 Å². The summed E-state index contributed by atoms with van der Waals surface area (Å²) in [4.78, 5) is 16.3. The van der Waals surface area contributed by atoms with Gasteiger partial charge >= 0.3 is 0 Å². The summed E-state index contributed by atoms with van der Waals surface area (Å²) in [5.74, 6) is -1.08. The first kappa shape index (κ1) is 15.5. The molecule has 0 N–H and O–H groups in total. The lowest BCUT2D eigenvalue weighted by atomic mass is 10.1. The van der Waals surface area contributed by atoms with E-state index in [-0.39, 0.29) is 23.3 Å². The summed E-state index contributed by atoms with van der Waals surface area (Å²) in [5.41, 5.74) is 0.897. The number of benzene rings is 2. The molecule has 0 aliphatic carbocycles. The Kier molecular flexibility index (Phi) is 4.28. The molecule has 3 rings (SSSR count). The highest BCUT2D eigenvalue weighted by Gasteiger charge is 2.29. The van der Waals surface area contributed by atoms with E-state index in [0.717, 1.165) is 5.69 Å². The van der Waals surface area contributed by atoms with Crippen LogP contribution in [0.3, 0.4) is 0 Å². The normalized spacial score (nSPS) is 18.1. The number of hydrogen-bond donors (Lipinski definition) is 0. The molecule has 23 heavy (non-hydrogen) atoms. The number of amides is 1. The predicted molar refractivity (Wildman–Crippen MR) is 85.5 cm³/mol. The molecule has 0 spiro atoms. The van der Waals surface area contributed by atoms with Gasteiger partial charge in [0, 0.05) is 31.4 Å². The molecule has 0 bridgehead atoms. The molecule has 120 valence electrons. The summed E-state index contributed by atoms with van der Waals surface area (Å²) >= 11 is 0. The Hall–Kier alpha value is -2.43. The molecule has 0 aromatic heterocycles. The molecule has 2 aromatic rings. The lowest BCUT2D eigenvalue weighted by Crippen LogP contribution is -2.54. The number of anilines is 1. The van der Waals surface area contributed by atoms with Crippen LogP contribution in [0, 0.1) is 11.6 Å². The maximum atomic E-state index is 13.8. The third kappa shape index (κ3) is 3.18. The molecule has 2 aromatic carbocycles. The Morgan fingerprint density at radius 3 is 2.57 bits per heavy atom. The number of halogens is 2. The van der Waals surface area contributed by atoms with Crippen LogP contribution in [0.1, 0.15) is 17.3 Å². The van der Waals surface area contributed by atoms with Crippen molar-refractivity contribution in [1.29, 1.82) is 0 Å². The molecule has 0 saturated carbocycles. The summed E-state index contributed by atoms with van der Waals surface area (Å²) in [6, 6.07) is 12.4. The molecule has 3 nitrogen and oxygen atoms in total. The van der Waals surface area contributed by atoms with Gasteiger partial charge in [-0.2, -0.15) is 0 Å². The average molecular weight is 316 g/mol. The first-order valence-corrected chi connectivity index (χ1v) is 7.62. The zero-order valence-electron chi connectivity index (χ0n) is 12.9. The molecule has 1 atom stereocenters. The third-order valence-electron chi connectivity index (χ3n) is 4.17. The molecular formula is C18H18F2N2O. The average Bonchev–Trinajstić information content (AvgIpc) is 2.54. The van der Waals surface area contributed by atoms with Crippen LogP contribution in [-0.2, 0) is 0 Å². The maximum absolute atomic E-state index is 13.8. The molecule has 1 unspecified atom stereocenters. The van der Waals surface area contributed by atoms with E-state index < -0.39 is 5.82 Å². The molecule has 1 aliphatic rings. The molecule has 0 radical (unpaired) electrons. The van der Waals surface area contributed by atoms with E-state index in [1.54, 1.807) is 23.1 Å². The summed E-state index contributed by atoms with van der Waals surface area (Å²) < 4.78 is 27.2. The lowest BCUT2D eigenvalue weighted by Gasteiger charge is -2.41. The van der Waals surface area contributed by atoms with Gasteiger partial charge in [0.25, 0.3) is 5.91 Å². The van der Waals surface area contributed by atoms with Crippen LogP contribution in [-0.4, -0.2) is 36.5 Å². The minimum atomic E-state index is -0.503. The van der Waals surface area contributed by atoms with Crippen molar-refractivity contribution < 1.29 is 13.6 Å². The van der Waals surface area contributed by atoms with E-state index in [1.807, 2.05) is 17.9 Å². The quantitative estimate of drug-likeness (QED) is 0.848. The summed E-state index contributed by atoms with van der Waals surface area (Å²) in [6.45, 7) is 3.58. The fraction of sp³-hybridized carbons (Fsp3) is 0.278. The van der Waals surface area contributed by atoms with Crippen molar-refractivity contribution in [2.24, 2.45) is 0 Å². The SMILES string of the molecule is CC1CN(c2cccc(F)c2)CCN1C(=O)c1ccccc1F. The Balaban J connectivity index is 1.74. The number of carbonyl (C=O) groups excluding carboxylic acids is 1. The fourth-order valence-corrected chi connectivity index (χ4v) is 2.96. The topological polar surface area (TPSA) is 23.6 Å². The highest BCUT2D eigenvalue weighted by atomic mass is 19.1. The number of piperazine rings is 1. The van der Waals surface area contributed by atoms with Crippen LogP contribution in [0.5, 0.6) is 0 Å². The van der Waals surface area contributed by atoms with Crippen LogP contribution in [0.25, 0.3) is 0 Å². The van der Waals surface area contributed by atoms with Crippen LogP contribution in [0.4, 0.5) is 14.5 Å². The van der Waals surface area contributed by atoms with E-state index >= 15 is 0 Å². The highest BCUT2D eigenvalue weighted by Crippen LogP contribution is 2.22. The minimum Gasteiger partial charge on any atom is -0.368 e. The molecule has 1 fully saturated rings. The standard InChI is InChI=1S/C18H18F2N2O/c1-13-12-21(15-6-4-5-14(19)11-15)9-10-22(13)18(23)16-7-2-3-8-17(16)20/h2-8,11,13H,9-10,12H2,1H3. The largest absolute Gasteiger partial charge is 0.368 e. The van der Waals surface area contributed by atoms with Gasteiger partial charge < -0.3 is 9.80 Å². The van der Waals surface area contributed by atoms with Gasteiger partial charge in [-0.1, -0.05) is 18.2 Å². The summed E-state index contributed by atoms with van der Waals surface area (Å²) in [7, 11) is 0. The summed E-state index contributed by atoms with van der Waals surface area (Å²) in [5, 5.41) is 0. The van der Waals surface area contributed by atoms with E-state index in [4.69, 9.17) is 0 Å². The Bertz CT molecular complexity index is 720. The van der Waals surface area contributed by atoms with Gasteiger partial charge in [0.15, 0.2) is 0 Å². The van der Waals surface area contributed by atoms with Crippen molar-refractivity contribution >= 4 is 11.6 Å². The molecule has 5 heteroatoms. The zero-order valence-corrected chi connectivity index (χ0v) is 12.9. The molecule has 1 saturated heterocycles. The van der Waals surface area contributed by atoms with Crippen LogP contribution in [0.15, 0.2) is 48.5 Å². The van der Waals surface area contributed by atoms with Gasteiger partial charge in [0.1, 0.15) is 11.6 Å². The van der Waals surface area contributed by atoms with E-state index in [2.05, 4.69) is 0 Å². The second-order valence-electron chi connectivity index (χ2n) is 5.75. The van der Waals surface area contributed by atoms with Gasteiger partial charge in [0.2, 0.25) is 0 Å². The highest BCUT2D eigenvalue weighted by molar-refractivity contribution is 5.94. The van der Waals surface area contributed by atoms with Crippen molar-refractivity contribution in [2.75, 3.05) is 24.5 Å². The second kappa shape index (κ2) is 6.36. The maximum Gasteiger partial charge on any atom is 0.257 e. The van der Waals surface area contributed by atoms with Crippen LogP contribution < -0.4 is 4.90 Å². The van der Waals surface area contributed by atoms with Crippen molar-refractivity contribution in [2.45, 2.75) is 13.0 Å². The first-order chi connectivity index (χ1) is 11.1. The van der Waals surface area contributed by atoms with E-state index in [1.165, 1.54) is 24.3 Å². The van der Waals surface area contributed by atoms with E-state index in [0.29, 0.717) is 19.6 Å². The van der Waals surface area contributed by atoms with E-state index in [9.17, 15) is 13.6 Å². The monoisotopic (exact) mass is 316 g/mol. The minimum absolute atomic E-state index is 0.0841. The second-order valence-corrected chi connectivity index (χ2v) is 5.75.